The zero-order chi connectivity index (χ0) is 16.1. The van der Waals surface area contributed by atoms with Crippen molar-refractivity contribution in [2.75, 3.05) is 0 Å². The molecule has 2 aliphatic heterocycles. The van der Waals surface area contributed by atoms with E-state index in [4.69, 9.17) is 14.6 Å². The lowest BCUT2D eigenvalue weighted by Gasteiger charge is -2.52. The summed E-state index contributed by atoms with van der Waals surface area (Å²) in [5, 5.41) is 5.15. The molecular formula is C15H28N2O4S. The Morgan fingerprint density at radius 3 is 2.36 bits per heavy atom. The Bertz CT molecular complexity index is 512. The van der Waals surface area contributed by atoms with Gasteiger partial charge in [-0.1, -0.05) is 20.3 Å². The summed E-state index contributed by atoms with van der Waals surface area (Å²) in [7, 11) is -3.79. The second-order valence-corrected chi connectivity index (χ2v) is 8.76. The lowest BCUT2D eigenvalue weighted by Crippen LogP contribution is -2.58. The molecule has 3 N–H and O–H groups in total. The van der Waals surface area contributed by atoms with Gasteiger partial charge in [0.05, 0.1) is 6.10 Å². The first kappa shape index (κ1) is 16.6. The highest BCUT2D eigenvalue weighted by atomic mass is 32.2. The third-order valence-electron chi connectivity index (χ3n) is 5.98. The Kier molecular flexibility index (Phi) is 4.55. The van der Waals surface area contributed by atoms with E-state index in [1.54, 1.807) is 0 Å². The standard InChI is InChI=1S/C15H28N2O4S/c1-8-4-6-12-10(3)14(17-22(16,18)19)21-15-13(12)11(8)7-5-9(2)20-15/h8-15,17H,4-7H2,1-3H3,(H2,16,18,19)/t8-,9+,10-,11+,12+,13?,14-,15+/m1/s1. The zero-order valence-corrected chi connectivity index (χ0v) is 14.4. The third-order valence-corrected chi connectivity index (χ3v) is 6.54. The molecule has 7 heteroatoms. The van der Waals surface area contributed by atoms with E-state index in [2.05, 4.69) is 25.5 Å². The van der Waals surface area contributed by atoms with E-state index in [9.17, 15) is 8.42 Å². The van der Waals surface area contributed by atoms with Gasteiger partial charge in [0, 0.05) is 11.8 Å². The van der Waals surface area contributed by atoms with Crippen LogP contribution in [0.25, 0.3) is 0 Å². The first-order valence-electron chi connectivity index (χ1n) is 8.37. The molecule has 3 rings (SSSR count). The molecule has 0 amide bonds. The first-order valence-corrected chi connectivity index (χ1v) is 9.92. The molecule has 1 unspecified atom stereocenters. The Balaban J connectivity index is 1.88. The topological polar surface area (TPSA) is 90.7 Å². The van der Waals surface area contributed by atoms with Gasteiger partial charge < -0.3 is 9.47 Å². The van der Waals surface area contributed by atoms with Crippen LogP contribution in [0.3, 0.4) is 0 Å². The monoisotopic (exact) mass is 332 g/mol. The Hall–Kier alpha value is -0.210. The van der Waals surface area contributed by atoms with Crippen molar-refractivity contribution in [3.8, 4) is 0 Å². The van der Waals surface area contributed by atoms with E-state index in [1.807, 2.05) is 0 Å². The smallest absolute Gasteiger partial charge is 0.276 e. The fourth-order valence-electron chi connectivity index (χ4n) is 4.78. The average molecular weight is 332 g/mol. The highest BCUT2D eigenvalue weighted by Crippen LogP contribution is 2.51. The van der Waals surface area contributed by atoms with Crippen LogP contribution in [0.5, 0.6) is 0 Å². The maximum atomic E-state index is 11.4. The van der Waals surface area contributed by atoms with E-state index in [1.165, 1.54) is 12.8 Å². The summed E-state index contributed by atoms with van der Waals surface area (Å²) < 4.78 is 37.4. The molecule has 0 aromatic carbocycles. The van der Waals surface area contributed by atoms with Gasteiger partial charge >= 0.3 is 0 Å². The SMILES string of the molecule is C[C@H]1[C@H](NS(N)(=O)=O)O[C@@H]2O[C@@H](C)CC[C@@H]3C2[C@H]1CC[C@H]3C. The summed E-state index contributed by atoms with van der Waals surface area (Å²) in [4.78, 5) is 0. The van der Waals surface area contributed by atoms with Crippen LogP contribution in [0.2, 0.25) is 0 Å². The van der Waals surface area contributed by atoms with Gasteiger partial charge in [0.2, 0.25) is 0 Å². The first-order chi connectivity index (χ1) is 10.3. The largest absolute Gasteiger partial charge is 0.349 e. The Labute approximate surface area is 133 Å². The number of hydrogen-bond acceptors (Lipinski definition) is 4. The van der Waals surface area contributed by atoms with Crippen molar-refractivity contribution in [3.63, 3.8) is 0 Å². The Morgan fingerprint density at radius 1 is 1.00 bits per heavy atom. The summed E-state index contributed by atoms with van der Waals surface area (Å²) in [5.41, 5.74) is 0. The van der Waals surface area contributed by atoms with Gasteiger partial charge in [-0.05, 0) is 43.9 Å². The van der Waals surface area contributed by atoms with Crippen molar-refractivity contribution >= 4 is 10.2 Å². The Morgan fingerprint density at radius 2 is 1.68 bits per heavy atom. The van der Waals surface area contributed by atoms with Crippen molar-refractivity contribution in [2.24, 2.45) is 34.7 Å². The average Bonchev–Trinajstić information content (AvgIpc) is 2.56. The van der Waals surface area contributed by atoms with Gasteiger partial charge in [-0.25, -0.2) is 5.14 Å². The molecule has 1 aliphatic carbocycles. The zero-order valence-electron chi connectivity index (χ0n) is 13.6. The molecule has 1 saturated carbocycles. The number of ether oxygens (including phenoxy) is 2. The highest BCUT2D eigenvalue weighted by molar-refractivity contribution is 7.87. The van der Waals surface area contributed by atoms with Gasteiger partial charge in [-0.3, -0.25) is 0 Å². The molecule has 0 radical (unpaired) electrons. The molecule has 2 heterocycles. The lowest BCUT2D eigenvalue weighted by atomic mass is 9.61. The maximum Gasteiger partial charge on any atom is 0.276 e. The molecule has 22 heavy (non-hydrogen) atoms. The molecule has 0 bridgehead atoms. The summed E-state index contributed by atoms with van der Waals surface area (Å²) in [6.07, 6.45) is 3.73. The van der Waals surface area contributed by atoms with Crippen molar-refractivity contribution in [2.45, 2.75) is 65.1 Å². The van der Waals surface area contributed by atoms with Crippen LogP contribution in [0.15, 0.2) is 0 Å². The van der Waals surface area contributed by atoms with Crippen LogP contribution in [-0.4, -0.2) is 27.0 Å². The molecule has 0 aromatic rings. The highest BCUT2D eigenvalue weighted by Gasteiger charge is 2.52. The molecule has 128 valence electrons. The van der Waals surface area contributed by atoms with Crippen LogP contribution >= 0.6 is 0 Å². The normalized spacial score (nSPS) is 49.3. The summed E-state index contributed by atoms with van der Waals surface area (Å²) in [6.45, 7) is 6.46. The second-order valence-electron chi connectivity index (χ2n) is 7.43. The van der Waals surface area contributed by atoms with E-state index in [-0.39, 0.29) is 18.3 Å². The quantitative estimate of drug-likeness (QED) is 0.803. The summed E-state index contributed by atoms with van der Waals surface area (Å²) in [5.74, 6) is 2.17. The fraction of sp³-hybridized carbons (Fsp3) is 1.00. The minimum Gasteiger partial charge on any atom is -0.349 e. The van der Waals surface area contributed by atoms with Crippen molar-refractivity contribution in [3.05, 3.63) is 0 Å². The lowest BCUT2D eigenvalue weighted by molar-refractivity contribution is -0.278. The van der Waals surface area contributed by atoms with Gasteiger partial charge in [-0.2, -0.15) is 13.1 Å². The van der Waals surface area contributed by atoms with E-state index in [0.29, 0.717) is 23.7 Å². The van der Waals surface area contributed by atoms with Gasteiger partial charge in [0.1, 0.15) is 6.23 Å². The minimum absolute atomic E-state index is 0.103. The van der Waals surface area contributed by atoms with Crippen LogP contribution in [0.4, 0.5) is 0 Å². The molecule has 3 fully saturated rings. The maximum absolute atomic E-state index is 11.4. The van der Waals surface area contributed by atoms with Crippen LogP contribution < -0.4 is 9.86 Å². The fourth-order valence-corrected chi connectivity index (χ4v) is 5.37. The predicted molar refractivity (Wildman–Crippen MR) is 82.7 cm³/mol. The van der Waals surface area contributed by atoms with Crippen molar-refractivity contribution in [1.82, 2.24) is 4.72 Å². The van der Waals surface area contributed by atoms with Crippen LogP contribution in [0.1, 0.15) is 46.5 Å². The van der Waals surface area contributed by atoms with E-state index in [0.717, 1.165) is 12.8 Å². The number of nitrogens with two attached hydrogens (primary N) is 1. The van der Waals surface area contributed by atoms with Crippen LogP contribution in [-0.2, 0) is 19.7 Å². The van der Waals surface area contributed by atoms with E-state index >= 15 is 0 Å². The molecule has 8 atom stereocenters. The van der Waals surface area contributed by atoms with Crippen molar-refractivity contribution < 1.29 is 17.9 Å². The molecule has 0 spiro atoms. The van der Waals surface area contributed by atoms with Gasteiger partial charge in [0.15, 0.2) is 6.29 Å². The van der Waals surface area contributed by atoms with Gasteiger partial charge in [0.25, 0.3) is 10.2 Å². The third kappa shape index (κ3) is 3.19. The predicted octanol–water partition coefficient (Wildman–Crippen LogP) is 1.58. The molecule has 6 nitrogen and oxygen atoms in total. The number of hydrogen-bond donors (Lipinski definition) is 2. The summed E-state index contributed by atoms with van der Waals surface area (Å²) >= 11 is 0. The molecular weight excluding hydrogens is 304 g/mol. The van der Waals surface area contributed by atoms with Crippen LogP contribution in [0, 0.1) is 29.6 Å². The van der Waals surface area contributed by atoms with Crippen molar-refractivity contribution in [1.29, 1.82) is 0 Å². The molecule has 2 saturated heterocycles. The molecule has 0 aromatic heterocycles. The van der Waals surface area contributed by atoms with Gasteiger partial charge in [-0.15, -0.1) is 0 Å². The number of nitrogens with one attached hydrogen (secondary N) is 1. The van der Waals surface area contributed by atoms with E-state index < -0.39 is 16.4 Å². The summed E-state index contributed by atoms with van der Waals surface area (Å²) in [6, 6.07) is 0. The minimum atomic E-state index is -3.79. The second kappa shape index (κ2) is 6.02. The number of rotatable bonds is 2. The molecule has 3 aliphatic rings.